The molecule has 0 bridgehead atoms. The molecule has 0 fully saturated rings. The van der Waals surface area contributed by atoms with Crippen LogP contribution in [0.3, 0.4) is 0 Å². The van der Waals surface area contributed by atoms with E-state index >= 15 is 0 Å². The summed E-state index contributed by atoms with van der Waals surface area (Å²) in [7, 11) is -4.42. The van der Waals surface area contributed by atoms with E-state index in [4.69, 9.17) is 24.3 Å². The van der Waals surface area contributed by atoms with Crippen molar-refractivity contribution < 1.29 is 57.5 Å². The van der Waals surface area contributed by atoms with Crippen molar-refractivity contribution in [2.24, 2.45) is 0 Å². The number of phosphoric ester groups is 1. The van der Waals surface area contributed by atoms with Gasteiger partial charge in [-0.25, -0.2) is 4.98 Å². The van der Waals surface area contributed by atoms with Crippen LogP contribution in [0.2, 0.25) is 0 Å². The van der Waals surface area contributed by atoms with Gasteiger partial charge in [0.15, 0.2) is 11.2 Å². The maximum absolute atomic E-state index is 11.9. The monoisotopic (exact) mass is 609 g/mol. The van der Waals surface area contributed by atoms with E-state index in [0.29, 0.717) is 19.6 Å². The van der Waals surface area contributed by atoms with Gasteiger partial charge in [-0.1, -0.05) is 90.4 Å². The maximum Gasteiger partial charge on any atom is 1.00 e. The summed E-state index contributed by atoms with van der Waals surface area (Å²) in [6, 6.07) is 0. The molecule has 2 rings (SSSR count). The molecule has 0 aromatic carbocycles. The molecule has 0 amide bonds. The van der Waals surface area contributed by atoms with E-state index in [-0.39, 0.29) is 73.2 Å². The van der Waals surface area contributed by atoms with Gasteiger partial charge in [0.25, 0.3) is 13.4 Å². The number of hydrogen-bond donors (Lipinski definition) is 2. The van der Waals surface area contributed by atoms with Crippen LogP contribution in [0.4, 0.5) is 5.95 Å². The topological polar surface area (TPSA) is 167 Å². The smallest absolute Gasteiger partial charge is 0.756 e. The molecule has 41 heavy (non-hydrogen) atoms. The number of nitrogens with zero attached hydrogens (tertiary/aromatic N) is 3. The summed E-state index contributed by atoms with van der Waals surface area (Å²) in [6.45, 7) is 3.16. The van der Waals surface area contributed by atoms with Crippen molar-refractivity contribution in [3.63, 3.8) is 0 Å². The summed E-state index contributed by atoms with van der Waals surface area (Å²) in [5.74, 6) is -0.0350. The molecule has 0 aliphatic carbocycles. The molecule has 0 saturated heterocycles. The maximum atomic E-state index is 11.9. The van der Waals surface area contributed by atoms with Gasteiger partial charge in [0.05, 0.1) is 26.1 Å². The van der Waals surface area contributed by atoms with E-state index in [1.54, 1.807) is 0 Å². The summed E-state index contributed by atoms with van der Waals surface area (Å²) < 4.78 is 34.0. The molecule has 1 atom stereocenters. The third kappa shape index (κ3) is 17.8. The van der Waals surface area contributed by atoms with Crippen molar-refractivity contribution in [3.8, 4) is 0 Å². The fourth-order valence-corrected chi connectivity index (χ4v) is 5.04. The van der Waals surface area contributed by atoms with Crippen molar-refractivity contribution in [1.29, 1.82) is 0 Å². The van der Waals surface area contributed by atoms with E-state index in [1.165, 1.54) is 94.4 Å². The Bertz CT molecular complexity index is 1040. The van der Waals surface area contributed by atoms with Crippen molar-refractivity contribution in [1.82, 2.24) is 19.5 Å². The predicted octanol–water partition coefficient (Wildman–Crippen LogP) is 2.07. The molecule has 12 nitrogen and oxygen atoms in total. The van der Waals surface area contributed by atoms with Crippen LogP contribution in [0.25, 0.3) is 11.2 Å². The quantitative estimate of drug-likeness (QED) is 0.0916. The number of unbranched alkanes of at least 4 members (excludes halogenated alkanes) is 13. The number of nitrogen functional groups attached to an aromatic ring is 1. The zero-order chi connectivity index (χ0) is 28.9. The number of nitrogens with one attached hydrogen (secondary N) is 1. The summed E-state index contributed by atoms with van der Waals surface area (Å²) >= 11 is 0. The molecule has 2 aromatic heterocycles. The Kier molecular flexibility index (Phi) is 22.0. The number of anilines is 1. The first-order chi connectivity index (χ1) is 19.4. The molecule has 0 radical (unpaired) electrons. The molecule has 230 valence electrons. The Labute approximate surface area is 266 Å². The molecular formula is C27H49N5NaO7P. The summed E-state index contributed by atoms with van der Waals surface area (Å²) in [4.78, 5) is 34.0. The number of H-pyrrole nitrogens is 1. The van der Waals surface area contributed by atoms with E-state index < -0.39 is 13.4 Å². The van der Waals surface area contributed by atoms with Crippen molar-refractivity contribution in [2.45, 2.75) is 110 Å². The SMILES string of the molecule is CCCCCCCCCCCCCCCCOCCCOP(=O)([O-])OCCOCn1cnc2c(=O)[nH]c(N)nc21.[Na+]. The minimum Gasteiger partial charge on any atom is -0.756 e. The average Bonchev–Trinajstić information content (AvgIpc) is 3.32. The minimum absolute atomic E-state index is 0. The van der Waals surface area contributed by atoms with E-state index in [9.17, 15) is 14.3 Å². The van der Waals surface area contributed by atoms with Crippen LogP contribution in [0.15, 0.2) is 11.1 Å². The van der Waals surface area contributed by atoms with Crippen LogP contribution in [0.5, 0.6) is 0 Å². The number of aromatic amines is 1. The van der Waals surface area contributed by atoms with E-state index in [0.717, 1.165) is 6.42 Å². The molecular weight excluding hydrogens is 560 g/mol. The van der Waals surface area contributed by atoms with Gasteiger partial charge in [-0.2, -0.15) is 4.98 Å². The first-order valence-electron chi connectivity index (χ1n) is 14.9. The third-order valence-corrected chi connectivity index (χ3v) is 7.52. The number of phosphoric acid groups is 1. The molecule has 0 saturated carbocycles. The number of rotatable bonds is 26. The molecule has 3 N–H and O–H groups in total. The van der Waals surface area contributed by atoms with Crippen LogP contribution < -0.4 is 45.7 Å². The Morgan fingerprint density at radius 3 is 2.02 bits per heavy atom. The zero-order valence-corrected chi connectivity index (χ0v) is 28.0. The van der Waals surface area contributed by atoms with Crippen LogP contribution in [0, 0.1) is 0 Å². The van der Waals surface area contributed by atoms with Gasteiger partial charge in [-0.15, -0.1) is 0 Å². The number of aromatic nitrogens is 4. The second-order valence-corrected chi connectivity index (χ2v) is 11.5. The first kappa shape index (κ1) is 38.2. The molecule has 0 spiro atoms. The van der Waals surface area contributed by atoms with Crippen LogP contribution in [-0.2, 0) is 29.8 Å². The summed E-state index contributed by atoms with van der Waals surface area (Å²) in [5, 5.41) is 0. The fraction of sp³-hybridized carbons (Fsp3) is 0.815. The average molecular weight is 610 g/mol. The van der Waals surface area contributed by atoms with Crippen molar-refractivity contribution >= 4 is 24.9 Å². The van der Waals surface area contributed by atoms with Crippen LogP contribution >= 0.6 is 7.82 Å². The standard InChI is InChI=1S/C27H50N5O7P.Na/c1-2-3-4-5-6-7-8-9-10-11-12-13-14-15-17-36-18-16-19-38-40(34,35)39-21-20-37-23-32-22-29-24-25(32)30-27(28)31-26(24)33;/h22H,2-21,23H2,1H3,(H,34,35)(H3,28,30,31,33);/q;+1/p-1. The summed E-state index contributed by atoms with van der Waals surface area (Å²) in [6.07, 6.45) is 20.3. The van der Waals surface area contributed by atoms with E-state index in [1.807, 2.05) is 0 Å². The van der Waals surface area contributed by atoms with Gasteiger partial charge in [0.1, 0.15) is 6.73 Å². The Morgan fingerprint density at radius 2 is 1.39 bits per heavy atom. The Hall–Kier alpha value is -0.820. The number of fused-ring (bicyclic) bond motifs is 1. The number of nitrogens with two attached hydrogens (primary N) is 1. The number of imidazole rings is 1. The Balaban J connectivity index is 0.00000840. The minimum atomic E-state index is -4.42. The van der Waals surface area contributed by atoms with Gasteiger partial charge < -0.3 is 29.1 Å². The zero-order valence-electron chi connectivity index (χ0n) is 25.2. The van der Waals surface area contributed by atoms with Gasteiger partial charge in [0, 0.05) is 13.2 Å². The van der Waals surface area contributed by atoms with Crippen molar-refractivity contribution in [2.75, 3.05) is 38.8 Å². The van der Waals surface area contributed by atoms with E-state index in [2.05, 4.69) is 21.9 Å². The van der Waals surface area contributed by atoms with Gasteiger partial charge in [-0.3, -0.25) is 18.9 Å². The fourth-order valence-electron chi connectivity index (χ4n) is 4.31. The molecule has 0 aliphatic heterocycles. The largest absolute Gasteiger partial charge is 1.00 e. The Morgan fingerprint density at radius 1 is 0.829 bits per heavy atom. The molecule has 1 unspecified atom stereocenters. The first-order valence-corrected chi connectivity index (χ1v) is 16.3. The number of ether oxygens (including phenoxy) is 2. The second kappa shape index (κ2) is 23.6. The van der Waals surface area contributed by atoms with Crippen LogP contribution in [0.1, 0.15) is 103 Å². The van der Waals surface area contributed by atoms with Gasteiger partial charge in [-0.05, 0) is 12.8 Å². The predicted molar refractivity (Wildman–Crippen MR) is 154 cm³/mol. The molecule has 14 heteroatoms. The van der Waals surface area contributed by atoms with Gasteiger partial charge >= 0.3 is 29.6 Å². The molecule has 2 heterocycles. The third-order valence-electron chi connectivity index (χ3n) is 6.53. The molecule has 0 aliphatic rings. The van der Waals surface area contributed by atoms with Crippen LogP contribution in [-0.4, -0.2) is 52.6 Å². The molecule has 2 aromatic rings. The normalized spacial score (nSPS) is 12.9. The number of hydrogen-bond acceptors (Lipinski definition) is 10. The summed E-state index contributed by atoms with van der Waals surface area (Å²) in [5.41, 5.74) is 5.50. The second-order valence-electron chi connectivity index (χ2n) is 10.1. The van der Waals surface area contributed by atoms with Crippen molar-refractivity contribution in [3.05, 3.63) is 16.7 Å². The van der Waals surface area contributed by atoms with Gasteiger partial charge in [0.2, 0.25) is 5.95 Å².